The standard InChI is InChI=1S/C9H9FN2O6S/c10-6-1-2-8(12(15)16)7(5-6)11-19(17,18)4-3-9(13)14/h1-2,5,11H,3-4H2,(H,13,14). The van der Waals surface area contributed by atoms with E-state index in [-0.39, 0.29) is 0 Å². The van der Waals surface area contributed by atoms with Gasteiger partial charge in [-0.3, -0.25) is 19.6 Å². The Morgan fingerprint density at radius 3 is 2.63 bits per heavy atom. The molecule has 0 atom stereocenters. The van der Waals surface area contributed by atoms with Crippen LogP contribution in [0.2, 0.25) is 0 Å². The molecule has 0 heterocycles. The van der Waals surface area contributed by atoms with Crippen LogP contribution < -0.4 is 4.72 Å². The van der Waals surface area contributed by atoms with Crippen LogP contribution in [0.1, 0.15) is 6.42 Å². The van der Waals surface area contributed by atoms with E-state index >= 15 is 0 Å². The van der Waals surface area contributed by atoms with Crippen molar-refractivity contribution < 1.29 is 27.6 Å². The van der Waals surface area contributed by atoms with Crippen LogP contribution in [-0.4, -0.2) is 30.2 Å². The fourth-order valence-corrected chi connectivity index (χ4v) is 2.23. The van der Waals surface area contributed by atoms with Gasteiger partial charge < -0.3 is 5.11 Å². The van der Waals surface area contributed by atoms with Gasteiger partial charge in [0.1, 0.15) is 11.5 Å². The normalized spacial score (nSPS) is 11.0. The third-order valence-corrected chi connectivity index (χ3v) is 3.28. The Morgan fingerprint density at radius 2 is 2.11 bits per heavy atom. The first-order chi connectivity index (χ1) is 8.71. The van der Waals surface area contributed by atoms with E-state index in [2.05, 4.69) is 0 Å². The van der Waals surface area contributed by atoms with Crippen LogP contribution in [0, 0.1) is 15.9 Å². The summed E-state index contributed by atoms with van der Waals surface area (Å²) >= 11 is 0. The van der Waals surface area contributed by atoms with Crippen molar-refractivity contribution in [3.05, 3.63) is 34.1 Å². The van der Waals surface area contributed by atoms with Gasteiger partial charge in [-0.1, -0.05) is 0 Å². The molecule has 0 fully saturated rings. The zero-order valence-corrected chi connectivity index (χ0v) is 10.2. The number of carboxylic acid groups (broad SMARTS) is 1. The molecule has 0 aliphatic heterocycles. The van der Waals surface area contributed by atoms with Gasteiger partial charge in [0, 0.05) is 12.1 Å². The number of sulfonamides is 1. The number of benzene rings is 1. The first-order valence-corrected chi connectivity index (χ1v) is 6.53. The lowest BCUT2D eigenvalue weighted by molar-refractivity contribution is -0.383. The Labute approximate surface area is 107 Å². The molecule has 2 N–H and O–H groups in total. The zero-order chi connectivity index (χ0) is 14.6. The number of carboxylic acids is 1. The maximum atomic E-state index is 12.9. The molecule has 104 valence electrons. The van der Waals surface area contributed by atoms with Crippen molar-refractivity contribution >= 4 is 27.4 Å². The number of nitro groups is 1. The summed E-state index contributed by atoms with van der Waals surface area (Å²) in [4.78, 5) is 20.0. The van der Waals surface area contributed by atoms with Gasteiger partial charge in [-0.25, -0.2) is 12.8 Å². The first kappa shape index (κ1) is 14.8. The average Bonchev–Trinajstić information content (AvgIpc) is 2.25. The number of halogens is 1. The minimum atomic E-state index is -4.10. The topological polar surface area (TPSA) is 127 Å². The fraction of sp³-hybridized carbons (Fsp3) is 0.222. The van der Waals surface area contributed by atoms with E-state index in [1.165, 1.54) is 0 Å². The number of hydrogen-bond acceptors (Lipinski definition) is 5. The number of hydrogen-bond donors (Lipinski definition) is 2. The molecule has 0 aliphatic rings. The largest absolute Gasteiger partial charge is 0.481 e. The molecule has 1 aromatic carbocycles. The quantitative estimate of drug-likeness (QED) is 0.593. The van der Waals surface area contributed by atoms with Gasteiger partial charge in [0.2, 0.25) is 10.0 Å². The molecule has 0 saturated heterocycles. The van der Waals surface area contributed by atoms with Crippen LogP contribution in [0.5, 0.6) is 0 Å². The fourth-order valence-electron chi connectivity index (χ4n) is 1.19. The van der Waals surface area contributed by atoms with Gasteiger partial charge in [0.25, 0.3) is 5.69 Å². The Hall–Kier alpha value is -2.23. The van der Waals surface area contributed by atoms with Crippen molar-refractivity contribution in [1.82, 2.24) is 0 Å². The van der Waals surface area contributed by atoms with Crippen molar-refractivity contribution in [1.29, 1.82) is 0 Å². The molecule has 0 amide bonds. The number of nitro benzene ring substituents is 1. The molecule has 8 nitrogen and oxygen atoms in total. The van der Waals surface area contributed by atoms with E-state index in [0.717, 1.165) is 12.1 Å². The zero-order valence-electron chi connectivity index (χ0n) is 9.37. The summed E-state index contributed by atoms with van der Waals surface area (Å²) in [5.41, 5.74) is -1.17. The molecular weight excluding hydrogens is 283 g/mol. The van der Waals surface area contributed by atoms with Crippen molar-refractivity contribution in [3.63, 3.8) is 0 Å². The second kappa shape index (κ2) is 5.61. The van der Waals surface area contributed by atoms with Gasteiger partial charge in [0.05, 0.1) is 17.1 Å². The molecule has 0 bridgehead atoms. The van der Waals surface area contributed by atoms with Gasteiger partial charge >= 0.3 is 5.97 Å². The van der Waals surface area contributed by atoms with Crippen LogP contribution in [-0.2, 0) is 14.8 Å². The molecular formula is C9H9FN2O6S. The molecule has 0 unspecified atom stereocenters. The van der Waals surface area contributed by atoms with Gasteiger partial charge in [-0.15, -0.1) is 0 Å². The highest BCUT2D eigenvalue weighted by atomic mass is 32.2. The highest BCUT2D eigenvalue weighted by Gasteiger charge is 2.20. The predicted molar refractivity (Wildman–Crippen MR) is 62.7 cm³/mol. The number of rotatable bonds is 6. The highest BCUT2D eigenvalue weighted by Crippen LogP contribution is 2.25. The molecule has 0 aromatic heterocycles. The smallest absolute Gasteiger partial charge is 0.304 e. The van der Waals surface area contributed by atoms with Crippen molar-refractivity contribution in [3.8, 4) is 0 Å². The molecule has 19 heavy (non-hydrogen) atoms. The van der Waals surface area contributed by atoms with E-state index < -0.39 is 50.3 Å². The summed E-state index contributed by atoms with van der Waals surface area (Å²) in [5, 5.41) is 19.0. The van der Waals surface area contributed by atoms with Crippen molar-refractivity contribution in [2.24, 2.45) is 0 Å². The molecule has 0 saturated carbocycles. The van der Waals surface area contributed by atoms with Crippen molar-refractivity contribution in [2.45, 2.75) is 6.42 Å². The van der Waals surface area contributed by atoms with Crippen molar-refractivity contribution in [2.75, 3.05) is 10.5 Å². The van der Waals surface area contributed by atoms with Gasteiger partial charge in [0.15, 0.2) is 0 Å². The number of anilines is 1. The Balaban J connectivity index is 3.01. The monoisotopic (exact) mass is 292 g/mol. The van der Waals surface area contributed by atoms with Gasteiger partial charge in [-0.05, 0) is 6.07 Å². The Morgan fingerprint density at radius 1 is 1.47 bits per heavy atom. The van der Waals surface area contributed by atoms with Crippen LogP contribution in [0.4, 0.5) is 15.8 Å². The number of carbonyl (C=O) groups is 1. The summed E-state index contributed by atoms with van der Waals surface area (Å²) in [6, 6.07) is 2.27. The lowest BCUT2D eigenvalue weighted by atomic mass is 10.3. The molecule has 0 aliphatic carbocycles. The van der Waals surface area contributed by atoms with E-state index in [1.807, 2.05) is 0 Å². The molecule has 10 heteroatoms. The average molecular weight is 292 g/mol. The summed E-state index contributed by atoms with van der Waals surface area (Å²) in [5.74, 6) is -2.96. The summed E-state index contributed by atoms with van der Waals surface area (Å²) in [7, 11) is -4.10. The van der Waals surface area contributed by atoms with Crippen LogP contribution in [0.15, 0.2) is 18.2 Å². The maximum absolute atomic E-state index is 12.9. The van der Waals surface area contributed by atoms with E-state index in [1.54, 1.807) is 4.72 Å². The van der Waals surface area contributed by atoms with E-state index in [4.69, 9.17) is 5.11 Å². The van der Waals surface area contributed by atoms with Gasteiger partial charge in [-0.2, -0.15) is 0 Å². The first-order valence-electron chi connectivity index (χ1n) is 4.87. The van der Waals surface area contributed by atoms with Crippen LogP contribution in [0.25, 0.3) is 0 Å². The van der Waals surface area contributed by atoms with Crippen LogP contribution in [0.3, 0.4) is 0 Å². The Bertz CT molecular complexity index is 615. The lowest BCUT2D eigenvalue weighted by Crippen LogP contribution is -2.19. The second-order valence-electron chi connectivity index (χ2n) is 3.48. The molecule has 1 rings (SSSR count). The predicted octanol–water partition coefficient (Wildman–Crippen LogP) is 0.950. The highest BCUT2D eigenvalue weighted by molar-refractivity contribution is 7.92. The number of aliphatic carboxylic acids is 1. The summed E-state index contributed by atoms with van der Waals surface area (Å²) < 4.78 is 37.7. The summed E-state index contributed by atoms with van der Waals surface area (Å²) in [6.07, 6.45) is -0.668. The molecule has 0 radical (unpaired) electrons. The minimum Gasteiger partial charge on any atom is -0.481 e. The lowest BCUT2D eigenvalue weighted by Gasteiger charge is -2.07. The van der Waals surface area contributed by atoms with Crippen LogP contribution >= 0.6 is 0 Å². The van der Waals surface area contributed by atoms with E-state index in [0.29, 0.717) is 6.07 Å². The third-order valence-electron chi connectivity index (χ3n) is 2.01. The Kier molecular flexibility index (Phi) is 4.38. The third kappa shape index (κ3) is 4.50. The number of nitrogens with zero attached hydrogens (tertiary/aromatic N) is 1. The molecule has 0 spiro atoms. The second-order valence-corrected chi connectivity index (χ2v) is 5.33. The van der Waals surface area contributed by atoms with E-state index in [9.17, 15) is 27.7 Å². The SMILES string of the molecule is O=C(O)CCS(=O)(=O)Nc1cc(F)ccc1[N+](=O)[O-]. The number of nitrogens with one attached hydrogen (secondary N) is 1. The summed E-state index contributed by atoms with van der Waals surface area (Å²) in [6.45, 7) is 0. The maximum Gasteiger partial charge on any atom is 0.304 e. The molecule has 1 aromatic rings. The minimum absolute atomic E-state index is 0.546.